The number of nitrogens with zero attached hydrogens (tertiary/aromatic N) is 5. The zero-order valence-electron chi connectivity index (χ0n) is 16.2. The number of tetrazole rings is 1. The highest BCUT2D eigenvalue weighted by molar-refractivity contribution is 7.46. The lowest BCUT2D eigenvalue weighted by Crippen LogP contribution is -2.29. The molecule has 1 aliphatic rings. The summed E-state index contributed by atoms with van der Waals surface area (Å²) in [5, 5.41) is 13.8. The standard InChI is InChI=1S/C18H18FN6O5P/c1-25-17(22-23-24-25)16-5-3-11(8-20-16)13-4-2-10(6-15(13)19)14-7-12(21-18(14)26)9-30-31(27,28)29/h2-6,8,12,14H,7,9H2,1H3,(H,21,26)(H2,27,28,29)/t12?,14-/m1/s1. The van der Waals surface area contributed by atoms with Crippen LogP contribution in [0.5, 0.6) is 0 Å². The van der Waals surface area contributed by atoms with E-state index in [1.165, 1.54) is 16.9 Å². The molecule has 1 amide bonds. The van der Waals surface area contributed by atoms with E-state index >= 15 is 0 Å². The van der Waals surface area contributed by atoms with Gasteiger partial charge in [0.2, 0.25) is 5.91 Å². The quantitative estimate of drug-likeness (QED) is 0.472. The Bertz CT molecular complexity index is 1160. The highest BCUT2D eigenvalue weighted by Crippen LogP contribution is 2.37. The third-order valence-electron chi connectivity index (χ3n) is 4.95. The van der Waals surface area contributed by atoms with Crippen LogP contribution in [0.25, 0.3) is 22.6 Å². The summed E-state index contributed by atoms with van der Waals surface area (Å²) in [7, 11) is -2.94. The molecule has 1 unspecified atom stereocenters. The summed E-state index contributed by atoms with van der Waals surface area (Å²) in [6, 6.07) is 7.32. The molecule has 13 heteroatoms. The first-order valence-electron chi connectivity index (χ1n) is 9.20. The molecule has 3 heterocycles. The predicted molar refractivity (Wildman–Crippen MR) is 105 cm³/mol. The molecule has 2 aromatic heterocycles. The molecule has 0 radical (unpaired) electrons. The molecular weight excluding hydrogens is 430 g/mol. The van der Waals surface area contributed by atoms with Crippen LogP contribution in [-0.2, 0) is 20.9 Å². The van der Waals surface area contributed by atoms with Gasteiger partial charge in [0.05, 0.1) is 18.6 Å². The van der Waals surface area contributed by atoms with Gasteiger partial charge in [0.1, 0.15) is 11.5 Å². The molecule has 31 heavy (non-hydrogen) atoms. The van der Waals surface area contributed by atoms with E-state index in [4.69, 9.17) is 9.79 Å². The Balaban J connectivity index is 1.50. The lowest BCUT2D eigenvalue weighted by atomic mass is 9.93. The Morgan fingerprint density at radius 3 is 2.74 bits per heavy atom. The molecule has 11 nitrogen and oxygen atoms in total. The number of phosphoric acid groups is 1. The average Bonchev–Trinajstić information content (AvgIpc) is 3.31. The summed E-state index contributed by atoms with van der Waals surface area (Å²) >= 11 is 0. The summed E-state index contributed by atoms with van der Waals surface area (Å²) in [4.78, 5) is 34.1. The molecule has 4 rings (SSSR count). The Hall–Kier alpha value is -3.05. The van der Waals surface area contributed by atoms with Crippen molar-refractivity contribution in [3.05, 3.63) is 47.9 Å². The highest BCUT2D eigenvalue weighted by atomic mass is 31.2. The number of rotatable bonds is 6. The number of carbonyl (C=O) groups excluding carboxylic acids is 1. The molecular formula is C18H18FN6O5P. The summed E-state index contributed by atoms with van der Waals surface area (Å²) in [5.74, 6) is -1.03. The Morgan fingerprint density at radius 2 is 2.13 bits per heavy atom. The van der Waals surface area contributed by atoms with Crippen LogP contribution in [-0.4, -0.2) is 53.5 Å². The molecule has 1 aliphatic heterocycles. The fourth-order valence-electron chi connectivity index (χ4n) is 3.45. The minimum absolute atomic E-state index is 0.236. The normalized spacial score (nSPS) is 18.9. The lowest BCUT2D eigenvalue weighted by molar-refractivity contribution is -0.120. The van der Waals surface area contributed by atoms with Crippen LogP contribution in [0.1, 0.15) is 17.9 Å². The van der Waals surface area contributed by atoms with Gasteiger partial charge in [0.15, 0.2) is 5.82 Å². The van der Waals surface area contributed by atoms with E-state index in [1.54, 1.807) is 31.3 Å². The van der Waals surface area contributed by atoms with Crippen molar-refractivity contribution in [2.75, 3.05) is 6.61 Å². The van der Waals surface area contributed by atoms with E-state index in [9.17, 15) is 13.8 Å². The molecule has 162 valence electrons. The Labute approximate surface area is 175 Å². The van der Waals surface area contributed by atoms with Gasteiger partial charge in [-0.1, -0.05) is 18.2 Å². The number of aryl methyl sites for hydroxylation is 1. The van der Waals surface area contributed by atoms with E-state index in [2.05, 4.69) is 30.3 Å². The first-order chi connectivity index (χ1) is 14.7. The van der Waals surface area contributed by atoms with Gasteiger partial charge in [-0.05, 0) is 34.5 Å². The van der Waals surface area contributed by atoms with Crippen molar-refractivity contribution >= 4 is 13.7 Å². The van der Waals surface area contributed by atoms with E-state index in [0.717, 1.165) is 0 Å². The number of pyridine rings is 1. The van der Waals surface area contributed by atoms with E-state index < -0.39 is 25.6 Å². The fourth-order valence-corrected chi connectivity index (χ4v) is 3.82. The highest BCUT2D eigenvalue weighted by Gasteiger charge is 2.34. The maximum atomic E-state index is 14.8. The summed E-state index contributed by atoms with van der Waals surface area (Å²) in [5.41, 5.74) is 1.87. The monoisotopic (exact) mass is 448 g/mol. The van der Waals surface area contributed by atoms with Gasteiger partial charge < -0.3 is 15.1 Å². The molecule has 0 saturated carbocycles. The largest absolute Gasteiger partial charge is 0.469 e. The van der Waals surface area contributed by atoms with Gasteiger partial charge in [-0.3, -0.25) is 14.3 Å². The number of amides is 1. The molecule has 2 atom stereocenters. The van der Waals surface area contributed by atoms with Crippen LogP contribution in [0.3, 0.4) is 0 Å². The van der Waals surface area contributed by atoms with Crippen molar-refractivity contribution in [2.24, 2.45) is 7.05 Å². The van der Waals surface area contributed by atoms with Crippen LogP contribution < -0.4 is 5.32 Å². The van der Waals surface area contributed by atoms with Gasteiger partial charge in [-0.25, -0.2) is 13.6 Å². The second kappa shape index (κ2) is 8.23. The second-order valence-electron chi connectivity index (χ2n) is 7.08. The lowest BCUT2D eigenvalue weighted by Gasteiger charge is -2.12. The van der Waals surface area contributed by atoms with E-state index in [-0.39, 0.29) is 18.9 Å². The molecule has 1 aromatic carbocycles. The van der Waals surface area contributed by atoms with Crippen molar-refractivity contribution < 1.29 is 28.1 Å². The van der Waals surface area contributed by atoms with Crippen LogP contribution in [0, 0.1) is 5.82 Å². The van der Waals surface area contributed by atoms with E-state index in [1.807, 2.05) is 0 Å². The molecule has 3 N–H and O–H groups in total. The van der Waals surface area contributed by atoms with Crippen LogP contribution in [0.15, 0.2) is 36.5 Å². The minimum Gasteiger partial charge on any atom is -0.350 e. The van der Waals surface area contributed by atoms with Gasteiger partial charge in [0, 0.05) is 24.4 Å². The van der Waals surface area contributed by atoms with Crippen LogP contribution in [0.2, 0.25) is 0 Å². The van der Waals surface area contributed by atoms with Gasteiger partial charge >= 0.3 is 7.82 Å². The summed E-state index contributed by atoms with van der Waals surface area (Å²) in [6.07, 6.45) is 1.75. The third-order valence-corrected chi connectivity index (χ3v) is 5.43. The second-order valence-corrected chi connectivity index (χ2v) is 8.32. The number of phosphoric ester groups is 1. The number of aromatic nitrogens is 5. The summed E-state index contributed by atoms with van der Waals surface area (Å²) < 4.78 is 31.6. The van der Waals surface area contributed by atoms with Gasteiger partial charge in [0.25, 0.3) is 0 Å². The van der Waals surface area contributed by atoms with Crippen molar-refractivity contribution in [1.82, 2.24) is 30.5 Å². The van der Waals surface area contributed by atoms with Crippen molar-refractivity contribution in [3.63, 3.8) is 0 Å². The molecule has 0 bridgehead atoms. The first kappa shape index (κ1) is 21.2. The SMILES string of the molecule is Cn1nnnc1-c1ccc(-c2ccc([C@H]3CC(COP(=O)(O)O)NC3=O)cc2F)cn1. The number of carbonyl (C=O) groups is 1. The zero-order valence-corrected chi connectivity index (χ0v) is 17.1. The van der Waals surface area contributed by atoms with Gasteiger partial charge in [-0.2, -0.15) is 0 Å². The number of nitrogens with one attached hydrogen (secondary N) is 1. The number of benzene rings is 1. The zero-order chi connectivity index (χ0) is 22.2. The van der Waals surface area contributed by atoms with Crippen molar-refractivity contribution in [3.8, 4) is 22.6 Å². The Kier molecular flexibility index (Phi) is 5.63. The first-order valence-corrected chi connectivity index (χ1v) is 10.7. The Morgan fingerprint density at radius 1 is 1.32 bits per heavy atom. The van der Waals surface area contributed by atoms with Crippen LogP contribution in [0.4, 0.5) is 4.39 Å². The summed E-state index contributed by atoms with van der Waals surface area (Å²) in [6.45, 7) is -0.327. The predicted octanol–water partition coefficient (Wildman–Crippen LogP) is 1.16. The molecule has 3 aromatic rings. The molecule has 0 spiro atoms. The number of hydrogen-bond acceptors (Lipinski definition) is 7. The third kappa shape index (κ3) is 4.67. The molecule has 1 saturated heterocycles. The number of hydrogen-bond donors (Lipinski definition) is 3. The average molecular weight is 448 g/mol. The molecule has 0 aliphatic carbocycles. The smallest absolute Gasteiger partial charge is 0.350 e. The molecule has 1 fully saturated rings. The fraction of sp³-hybridized carbons (Fsp3) is 0.278. The van der Waals surface area contributed by atoms with Gasteiger partial charge in [-0.15, -0.1) is 5.10 Å². The van der Waals surface area contributed by atoms with Crippen molar-refractivity contribution in [2.45, 2.75) is 18.4 Å². The van der Waals surface area contributed by atoms with Crippen LogP contribution >= 0.6 is 7.82 Å². The maximum Gasteiger partial charge on any atom is 0.469 e. The van der Waals surface area contributed by atoms with E-state index in [0.29, 0.717) is 28.2 Å². The van der Waals surface area contributed by atoms with Crippen molar-refractivity contribution in [1.29, 1.82) is 0 Å². The minimum atomic E-state index is -4.63. The topological polar surface area (TPSA) is 152 Å². The maximum absolute atomic E-state index is 14.8. The number of halogens is 1.